The molecule has 0 saturated heterocycles. The minimum atomic E-state index is -0.0496. The van der Waals surface area contributed by atoms with Gasteiger partial charge >= 0.3 is 0 Å². The molecule has 0 heterocycles. The summed E-state index contributed by atoms with van der Waals surface area (Å²) in [6.45, 7) is 4.36. The molecule has 0 aliphatic heterocycles. The molecular weight excluding hydrogens is 256 g/mol. The van der Waals surface area contributed by atoms with Gasteiger partial charge in [0.2, 0.25) is 0 Å². The summed E-state index contributed by atoms with van der Waals surface area (Å²) in [4.78, 5) is 0. The van der Waals surface area contributed by atoms with Crippen LogP contribution in [-0.4, -0.2) is 0 Å². The van der Waals surface area contributed by atoms with E-state index in [4.69, 9.17) is 16.3 Å². The van der Waals surface area contributed by atoms with E-state index in [0.29, 0.717) is 6.61 Å². The van der Waals surface area contributed by atoms with Crippen molar-refractivity contribution in [3.8, 4) is 0 Å². The highest BCUT2D eigenvalue weighted by Gasteiger charge is 2.13. The van der Waals surface area contributed by atoms with Crippen LogP contribution in [0.1, 0.15) is 23.7 Å². The van der Waals surface area contributed by atoms with Crippen molar-refractivity contribution in [2.24, 2.45) is 0 Å². The molecule has 0 saturated carbocycles. The van der Waals surface area contributed by atoms with Crippen molar-refractivity contribution in [1.29, 1.82) is 0 Å². The first-order valence-electron chi connectivity index (χ1n) is 6.32. The second-order valence-corrected chi connectivity index (χ2v) is 4.74. The van der Waals surface area contributed by atoms with Crippen LogP contribution in [0.5, 0.6) is 0 Å². The smallest absolute Gasteiger partial charge is 0.0878 e. The van der Waals surface area contributed by atoms with Crippen molar-refractivity contribution < 1.29 is 4.74 Å². The van der Waals surface area contributed by atoms with Crippen molar-refractivity contribution in [2.75, 3.05) is 0 Å². The van der Waals surface area contributed by atoms with Crippen molar-refractivity contribution in [3.63, 3.8) is 0 Å². The molecule has 1 unspecified atom stereocenters. The Hall–Kier alpha value is -1.57. The minimum Gasteiger partial charge on any atom is -0.368 e. The van der Waals surface area contributed by atoms with Gasteiger partial charge in [-0.1, -0.05) is 66.2 Å². The van der Waals surface area contributed by atoms with Gasteiger partial charge < -0.3 is 4.74 Å². The van der Waals surface area contributed by atoms with E-state index in [2.05, 4.69) is 18.7 Å². The van der Waals surface area contributed by atoms with Crippen LogP contribution in [0.15, 0.2) is 67.3 Å². The summed E-state index contributed by atoms with van der Waals surface area (Å²) in [7, 11) is 0. The van der Waals surface area contributed by atoms with Crippen LogP contribution in [0.25, 0.3) is 0 Å². The maximum atomic E-state index is 6.22. The van der Waals surface area contributed by atoms with E-state index in [1.54, 1.807) is 0 Å². The Morgan fingerprint density at radius 1 is 1.05 bits per heavy atom. The topological polar surface area (TPSA) is 9.23 Å². The monoisotopic (exact) mass is 272 g/mol. The molecule has 0 aliphatic rings. The average Bonchev–Trinajstić information content (AvgIpc) is 2.45. The fraction of sp³-hybridized carbons (Fsp3) is 0.176. The Balaban J connectivity index is 2.09. The molecule has 0 aliphatic carbocycles. The number of halogens is 1. The highest BCUT2D eigenvalue weighted by Crippen LogP contribution is 2.29. The summed E-state index contributed by atoms with van der Waals surface area (Å²) in [5.74, 6) is 0. The van der Waals surface area contributed by atoms with E-state index in [-0.39, 0.29) is 6.10 Å². The van der Waals surface area contributed by atoms with Crippen LogP contribution in [0.2, 0.25) is 5.02 Å². The minimum absolute atomic E-state index is 0.0496. The van der Waals surface area contributed by atoms with E-state index in [9.17, 15) is 0 Å². The van der Waals surface area contributed by atoms with Crippen LogP contribution in [0.4, 0.5) is 0 Å². The average molecular weight is 273 g/mol. The Labute approximate surface area is 119 Å². The molecule has 0 spiro atoms. The van der Waals surface area contributed by atoms with Gasteiger partial charge in [0.1, 0.15) is 0 Å². The highest BCUT2D eigenvalue weighted by molar-refractivity contribution is 6.31. The van der Waals surface area contributed by atoms with Gasteiger partial charge in [0, 0.05) is 5.02 Å². The molecule has 0 fully saturated rings. The fourth-order valence-corrected chi connectivity index (χ4v) is 2.20. The van der Waals surface area contributed by atoms with Crippen molar-refractivity contribution in [1.82, 2.24) is 0 Å². The summed E-state index contributed by atoms with van der Waals surface area (Å²) in [5.41, 5.74) is 2.17. The molecule has 19 heavy (non-hydrogen) atoms. The molecule has 2 rings (SSSR count). The summed E-state index contributed by atoms with van der Waals surface area (Å²) >= 11 is 6.22. The zero-order valence-corrected chi connectivity index (χ0v) is 11.5. The molecule has 2 aromatic carbocycles. The van der Waals surface area contributed by atoms with Gasteiger partial charge in [-0.25, -0.2) is 0 Å². The third kappa shape index (κ3) is 3.95. The van der Waals surface area contributed by atoms with E-state index in [0.717, 1.165) is 22.6 Å². The fourth-order valence-electron chi connectivity index (χ4n) is 1.94. The Kier molecular flexibility index (Phi) is 5.20. The van der Waals surface area contributed by atoms with E-state index < -0.39 is 0 Å². The molecule has 0 bridgehead atoms. The Bertz CT molecular complexity index is 522. The second-order valence-electron chi connectivity index (χ2n) is 4.33. The summed E-state index contributed by atoms with van der Waals surface area (Å²) in [6, 6.07) is 17.9. The van der Waals surface area contributed by atoms with E-state index in [1.165, 1.54) is 0 Å². The summed E-state index contributed by atoms with van der Waals surface area (Å²) in [5, 5.41) is 0.738. The molecule has 0 aromatic heterocycles. The van der Waals surface area contributed by atoms with Crippen molar-refractivity contribution in [2.45, 2.75) is 19.1 Å². The maximum Gasteiger partial charge on any atom is 0.0878 e. The molecule has 2 aromatic rings. The van der Waals surface area contributed by atoms with Crippen LogP contribution >= 0.6 is 11.6 Å². The zero-order chi connectivity index (χ0) is 13.5. The second kappa shape index (κ2) is 7.13. The van der Waals surface area contributed by atoms with Crippen LogP contribution < -0.4 is 0 Å². The molecule has 0 N–H and O–H groups in total. The van der Waals surface area contributed by atoms with Crippen LogP contribution in [-0.2, 0) is 11.3 Å². The zero-order valence-electron chi connectivity index (χ0n) is 10.8. The molecule has 1 atom stereocenters. The van der Waals surface area contributed by atoms with Gasteiger partial charge in [-0.15, -0.1) is 6.58 Å². The van der Waals surface area contributed by atoms with Gasteiger partial charge in [-0.3, -0.25) is 0 Å². The Morgan fingerprint density at radius 3 is 2.42 bits per heavy atom. The third-order valence-electron chi connectivity index (χ3n) is 2.93. The third-order valence-corrected chi connectivity index (χ3v) is 3.27. The number of hydrogen-bond acceptors (Lipinski definition) is 1. The highest BCUT2D eigenvalue weighted by atomic mass is 35.5. The summed E-state index contributed by atoms with van der Waals surface area (Å²) < 4.78 is 5.98. The first kappa shape index (κ1) is 13.9. The van der Waals surface area contributed by atoms with Gasteiger partial charge in [0.05, 0.1) is 12.7 Å². The maximum absolute atomic E-state index is 6.22. The normalized spacial score (nSPS) is 12.1. The molecule has 0 radical (unpaired) electrons. The first-order valence-corrected chi connectivity index (χ1v) is 6.70. The molecule has 2 heteroatoms. The quantitative estimate of drug-likeness (QED) is 0.659. The standard InChI is InChI=1S/C17H17ClO/c1-2-8-17(15-11-6-7-12-16(15)18)19-13-14-9-4-3-5-10-14/h2-7,9-12,17H,1,8,13H2. The predicted molar refractivity (Wildman–Crippen MR) is 80.2 cm³/mol. The SMILES string of the molecule is C=CCC(OCc1ccccc1)c1ccccc1Cl. The first-order chi connectivity index (χ1) is 9.31. The van der Waals surface area contributed by atoms with Gasteiger partial charge in [0.25, 0.3) is 0 Å². The lowest BCUT2D eigenvalue weighted by Gasteiger charge is -2.18. The molecular formula is C17H17ClO. The molecule has 1 nitrogen and oxygen atoms in total. The number of ether oxygens (including phenoxy) is 1. The lowest BCUT2D eigenvalue weighted by atomic mass is 10.1. The van der Waals surface area contributed by atoms with Crippen molar-refractivity contribution in [3.05, 3.63) is 83.4 Å². The summed E-state index contributed by atoms with van der Waals surface area (Å²) in [6.07, 6.45) is 2.56. The van der Waals surface area contributed by atoms with E-state index >= 15 is 0 Å². The number of rotatable bonds is 6. The number of benzene rings is 2. The van der Waals surface area contributed by atoms with Crippen LogP contribution in [0, 0.1) is 0 Å². The van der Waals surface area contributed by atoms with Crippen LogP contribution in [0.3, 0.4) is 0 Å². The Morgan fingerprint density at radius 2 is 1.74 bits per heavy atom. The lowest BCUT2D eigenvalue weighted by Crippen LogP contribution is -2.04. The predicted octanol–water partition coefficient (Wildman–Crippen LogP) is 5.17. The van der Waals surface area contributed by atoms with Crippen molar-refractivity contribution >= 4 is 11.6 Å². The van der Waals surface area contributed by atoms with Gasteiger partial charge in [0.15, 0.2) is 0 Å². The molecule has 0 amide bonds. The number of hydrogen-bond donors (Lipinski definition) is 0. The largest absolute Gasteiger partial charge is 0.368 e. The van der Waals surface area contributed by atoms with E-state index in [1.807, 2.05) is 48.5 Å². The lowest BCUT2D eigenvalue weighted by molar-refractivity contribution is 0.0418. The van der Waals surface area contributed by atoms with Gasteiger partial charge in [-0.2, -0.15) is 0 Å². The molecule has 98 valence electrons. The van der Waals surface area contributed by atoms with Gasteiger partial charge in [-0.05, 0) is 23.6 Å².